The molecule has 0 bridgehead atoms. The second kappa shape index (κ2) is 16.0. The van der Waals surface area contributed by atoms with Crippen LogP contribution < -0.4 is 16.0 Å². The number of aromatic hydroxyl groups is 1. The first-order valence-corrected chi connectivity index (χ1v) is 15.7. The maximum atomic E-state index is 13.0. The molecule has 1 aliphatic carbocycles. The van der Waals surface area contributed by atoms with Crippen LogP contribution in [0, 0.1) is 0 Å². The van der Waals surface area contributed by atoms with Gasteiger partial charge in [-0.05, 0) is 99.2 Å². The van der Waals surface area contributed by atoms with Gasteiger partial charge in [0, 0.05) is 19.0 Å². The number of aryl methyl sites for hydroxylation is 1. The van der Waals surface area contributed by atoms with Crippen molar-refractivity contribution in [2.75, 3.05) is 19.7 Å². The minimum Gasteiger partial charge on any atom is -0.508 e. The zero-order valence-corrected chi connectivity index (χ0v) is 26.4. The lowest BCUT2D eigenvalue weighted by Crippen LogP contribution is -2.48. The van der Waals surface area contributed by atoms with Crippen molar-refractivity contribution in [3.63, 3.8) is 0 Å². The van der Waals surface area contributed by atoms with Crippen LogP contribution in [0.4, 0.5) is 9.59 Å². The number of alkyl carbamates (subject to hydrolysis) is 2. The fraction of sp³-hybridized carbons (Fsp3) is 0.417. The molecule has 4 rings (SSSR count). The second-order valence-corrected chi connectivity index (χ2v) is 12.4. The molecule has 9 heteroatoms. The fourth-order valence-corrected chi connectivity index (χ4v) is 5.54. The molecule has 0 unspecified atom stereocenters. The number of ether oxygens (including phenoxy) is 2. The third-order valence-electron chi connectivity index (χ3n) is 7.64. The first kappa shape index (κ1) is 33.4. The molecule has 3 aromatic rings. The number of carbonyl (C=O) groups excluding carboxylic acids is 3. The lowest BCUT2D eigenvalue weighted by molar-refractivity contribution is -0.123. The molecule has 0 spiro atoms. The zero-order chi connectivity index (χ0) is 32.2. The molecule has 1 atom stereocenters. The van der Waals surface area contributed by atoms with E-state index in [-0.39, 0.29) is 24.2 Å². The highest BCUT2D eigenvalue weighted by molar-refractivity contribution is 5.85. The van der Waals surface area contributed by atoms with E-state index in [0.29, 0.717) is 32.4 Å². The lowest BCUT2D eigenvalue weighted by Gasteiger charge is -2.23. The Kier molecular flexibility index (Phi) is 11.8. The van der Waals surface area contributed by atoms with E-state index in [1.165, 1.54) is 22.3 Å². The van der Waals surface area contributed by atoms with E-state index in [2.05, 4.69) is 40.2 Å². The van der Waals surface area contributed by atoms with Crippen LogP contribution >= 0.6 is 0 Å². The summed E-state index contributed by atoms with van der Waals surface area (Å²) in [7, 11) is 0. The van der Waals surface area contributed by atoms with Crippen LogP contribution in [-0.4, -0.2) is 54.5 Å². The number of amides is 3. The van der Waals surface area contributed by atoms with Gasteiger partial charge in [-0.25, -0.2) is 9.59 Å². The van der Waals surface area contributed by atoms with E-state index < -0.39 is 23.8 Å². The van der Waals surface area contributed by atoms with Crippen LogP contribution in [0.25, 0.3) is 11.1 Å². The quantitative estimate of drug-likeness (QED) is 0.155. The van der Waals surface area contributed by atoms with Crippen molar-refractivity contribution in [2.45, 2.75) is 76.9 Å². The van der Waals surface area contributed by atoms with Crippen molar-refractivity contribution in [1.82, 2.24) is 16.0 Å². The van der Waals surface area contributed by atoms with E-state index in [1.54, 1.807) is 39.0 Å². The van der Waals surface area contributed by atoms with E-state index in [1.807, 2.05) is 30.3 Å². The van der Waals surface area contributed by atoms with Crippen molar-refractivity contribution in [3.05, 3.63) is 89.5 Å². The molecule has 0 radical (unpaired) electrons. The van der Waals surface area contributed by atoms with Gasteiger partial charge in [0.05, 0.1) is 0 Å². The summed E-state index contributed by atoms with van der Waals surface area (Å²) in [5, 5.41) is 18.1. The molecule has 45 heavy (non-hydrogen) atoms. The van der Waals surface area contributed by atoms with Crippen molar-refractivity contribution >= 4 is 18.1 Å². The summed E-state index contributed by atoms with van der Waals surface area (Å²) < 4.78 is 10.9. The number of hydrogen-bond donors (Lipinski definition) is 4. The number of benzene rings is 3. The summed E-state index contributed by atoms with van der Waals surface area (Å²) in [6, 6.07) is 22.7. The van der Waals surface area contributed by atoms with Gasteiger partial charge >= 0.3 is 12.2 Å². The Morgan fingerprint density at radius 1 is 0.800 bits per heavy atom. The van der Waals surface area contributed by atoms with Gasteiger partial charge in [0.1, 0.15) is 24.0 Å². The monoisotopic (exact) mass is 615 g/mol. The van der Waals surface area contributed by atoms with Crippen LogP contribution in [0.15, 0.2) is 72.8 Å². The molecule has 0 heterocycles. The molecule has 3 amide bonds. The number of rotatable bonds is 14. The molecule has 0 saturated carbocycles. The molecule has 4 N–H and O–H groups in total. The molecular formula is C36H45N3O6. The number of carbonyl (C=O) groups is 3. The number of unbranched alkanes of at least 4 members (excludes halogenated alkanes) is 2. The summed E-state index contributed by atoms with van der Waals surface area (Å²) in [4.78, 5) is 37.8. The largest absolute Gasteiger partial charge is 0.508 e. The van der Waals surface area contributed by atoms with Crippen molar-refractivity contribution in [3.8, 4) is 16.9 Å². The third kappa shape index (κ3) is 10.3. The Labute approximate surface area is 265 Å². The van der Waals surface area contributed by atoms with Gasteiger partial charge in [-0.2, -0.15) is 0 Å². The molecule has 1 aliphatic rings. The highest BCUT2D eigenvalue weighted by atomic mass is 16.6. The maximum absolute atomic E-state index is 13.0. The Hall–Kier alpha value is -4.53. The average molecular weight is 616 g/mol. The summed E-state index contributed by atoms with van der Waals surface area (Å²) >= 11 is 0. The van der Waals surface area contributed by atoms with E-state index in [4.69, 9.17) is 9.47 Å². The van der Waals surface area contributed by atoms with Crippen LogP contribution in [0.2, 0.25) is 0 Å². The maximum Gasteiger partial charge on any atom is 0.408 e. The van der Waals surface area contributed by atoms with E-state index >= 15 is 0 Å². The third-order valence-corrected chi connectivity index (χ3v) is 7.64. The average Bonchev–Trinajstić information content (AvgIpc) is 3.31. The fourth-order valence-electron chi connectivity index (χ4n) is 5.54. The van der Waals surface area contributed by atoms with Crippen molar-refractivity contribution < 1.29 is 29.0 Å². The van der Waals surface area contributed by atoms with E-state index in [9.17, 15) is 19.5 Å². The SMILES string of the molecule is CC(C)(C)OC(=O)N[C@@H](CCCc1cccc(O)c1)C(=O)NCCCCCNC(=O)OCC1c2ccccc2-c2ccccc21. The molecule has 9 nitrogen and oxygen atoms in total. The van der Waals surface area contributed by atoms with Crippen molar-refractivity contribution in [1.29, 1.82) is 0 Å². The first-order valence-electron chi connectivity index (χ1n) is 15.7. The standard InChI is InChI=1S/C36H45N3O6/c1-36(2,3)45-35(43)39-32(20-12-14-25-13-11-15-26(40)23-25)33(41)37-21-9-4-10-22-38-34(42)44-24-31-29-18-7-5-16-27(29)28-17-6-8-19-30(28)31/h5-8,11,13,15-19,23,31-32,40H,4,9-10,12,14,20-22,24H2,1-3H3,(H,37,41)(H,38,42)(H,39,43)/t32-/m0/s1. The lowest BCUT2D eigenvalue weighted by atomic mass is 9.98. The van der Waals surface area contributed by atoms with Crippen LogP contribution in [0.3, 0.4) is 0 Å². The van der Waals surface area contributed by atoms with E-state index in [0.717, 1.165) is 24.8 Å². The molecule has 0 saturated heterocycles. The Morgan fingerprint density at radius 3 is 2.09 bits per heavy atom. The topological polar surface area (TPSA) is 126 Å². The first-order chi connectivity index (χ1) is 21.6. The Balaban J connectivity index is 1.14. The highest BCUT2D eigenvalue weighted by Crippen LogP contribution is 2.44. The van der Waals surface area contributed by atoms with Gasteiger partial charge in [0.15, 0.2) is 0 Å². The number of fused-ring (bicyclic) bond motifs is 3. The summed E-state index contributed by atoms with van der Waals surface area (Å²) in [6.07, 6.45) is 2.90. The molecule has 0 aromatic heterocycles. The molecule has 0 aliphatic heterocycles. The van der Waals surface area contributed by atoms with Crippen LogP contribution in [-0.2, 0) is 20.7 Å². The number of nitrogens with one attached hydrogen (secondary N) is 3. The van der Waals surface area contributed by atoms with Gasteiger partial charge in [-0.1, -0.05) is 60.7 Å². The number of phenolic OH excluding ortho intramolecular Hbond substituents is 1. The second-order valence-electron chi connectivity index (χ2n) is 12.4. The number of hydrogen-bond acceptors (Lipinski definition) is 6. The van der Waals surface area contributed by atoms with Crippen molar-refractivity contribution in [2.24, 2.45) is 0 Å². The predicted molar refractivity (Wildman–Crippen MR) is 174 cm³/mol. The van der Waals surface area contributed by atoms with Crippen LogP contribution in [0.5, 0.6) is 5.75 Å². The molecule has 0 fully saturated rings. The molecular weight excluding hydrogens is 570 g/mol. The van der Waals surface area contributed by atoms with Gasteiger partial charge in [-0.3, -0.25) is 4.79 Å². The molecule has 240 valence electrons. The highest BCUT2D eigenvalue weighted by Gasteiger charge is 2.29. The van der Waals surface area contributed by atoms with Gasteiger partial charge < -0.3 is 30.5 Å². The van der Waals surface area contributed by atoms with Gasteiger partial charge in [0.25, 0.3) is 0 Å². The zero-order valence-electron chi connectivity index (χ0n) is 26.4. The summed E-state index contributed by atoms with van der Waals surface area (Å²) in [5.41, 5.74) is 5.00. The Morgan fingerprint density at radius 2 is 1.44 bits per heavy atom. The smallest absolute Gasteiger partial charge is 0.408 e. The minimum absolute atomic E-state index is 0.0205. The van der Waals surface area contributed by atoms with Crippen LogP contribution in [0.1, 0.15) is 75.5 Å². The number of phenols is 1. The van der Waals surface area contributed by atoms with Gasteiger partial charge in [0.2, 0.25) is 5.91 Å². The Bertz CT molecular complexity index is 1400. The predicted octanol–water partition coefficient (Wildman–Crippen LogP) is 6.43. The minimum atomic E-state index is -0.743. The summed E-state index contributed by atoms with van der Waals surface area (Å²) in [6.45, 7) is 6.51. The normalized spacial score (nSPS) is 12.9. The van der Waals surface area contributed by atoms with Gasteiger partial charge in [-0.15, -0.1) is 0 Å². The molecule has 3 aromatic carbocycles. The summed E-state index contributed by atoms with van der Waals surface area (Å²) in [5.74, 6) is -0.0529.